The van der Waals surface area contributed by atoms with E-state index in [0.29, 0.717) is 28.4 Å². The van der Waals surface area contributed by atoms with Gasteiger partial charge in [0.25, 0.3) is 0 Å². The fraction of sp³-hybridized carbons (Fsp3) is 0.158. The van der Waals surface area contributed by atoms with Gasteiger partial charge in [0, 0.05) is 11.8 Å². The molecule has 0 bridgehead atoms. The normalized spacial score (nSPS) is 10.9. The zero-order chi connectivity index (χ0) is 18.8. The number of esters is 1. The summed E-state index contributed by atoms with van der Waals surface area (Å²) < 4.78 is 12.9. The Labute approximate surface area is 159 Å². The van der Waals surface area contributed by atoms with Crippen LogP contribution in [-0.2, 0) is 4.74 Å². The first-order valence-electron chi connectivity index (χ1n) is 8.33. The molecular formula is C19H16N4O3S. The second-order valence-corrected chi connectivity index (χ2v) is 6.68. The van der Waals surface area contributed by atoms with Crippen molar-refractivity contribution < 1.29 is 14.3 Å². The molecule has 0 saturated carbocycles. The van der Waals surface area contributed by atoms with Crippen LogP contribution in [0.4, 0.5) is 0 Å². The van der Waals surface area contributed by atoms with E-state index in [1.54, 1.807) is 31.1 Å². The van der Waals surface area contributed by atoms with E-state index in [0.717, 1.165) is 16.0 Å². The second-order valence-electron chi connectivity index (χ2n) is 5.63. The highest BCUT2D eigenvalue weighted by Crippen LogP contribution is 2.33. The van der Waals surface area contributed by atoms with E-state index in [2.05, 4.69) is 15.3 Å². The van der Waals surface area contributed by atoms with Gasteiger partial charge in [0.15, 0.2) is 0 Å². The van der Waals surface area contributed by atoms with Gasteiger partial charge in [0.2, 0.25) is 0 Å². The number of carbonyl (C=O) groups is 1. The standard InChI is InChI=1S/C19H16N4O3S/c1-3-26-19(24)18-17(16-15(27-18)8-5-9-20-16)23-11-14(21-22-23)12-6-4-7-13(10-12)25-2/h4-11H,3H2,1-2H3. The van der Waals surface area contributed by atoms with Crippen LogP contribution in [0.3, 0.4) is 0 Å². The van der Waals surface area contributed by atoms with Crippen molar-refractivity contribution in [1.82, 2.24) is 20.0 Å². The summed E-state index contributed by atoms with van der Waals surface area (Å²) in [6.45, 7) is 2.08. The van der Waals surface area contributed by atoms with Crippen LogP contribution < -0.4 is 4.74 Å². The number of aromatic nitrogens is 4. The fourth-order valence-electron chi connectivity index (χ4n) is 2.75. The summed E-state index contributed by atoms with van der Waals surface area (Å²) in [5, 5.41) is 8.48. The van der Waals surface area contributed by atoms with E-state index in [-0.39, 0.29) is 0 Å². The third-order valence-electron chi connectivity index (χ3n) is 3.97. The monoisotopic (exact) mass is 380 g/mol. The molecule has 0 fully saturated rings. The van der Waals surface area contributed by atoms with Crippen LogP contribution in [0.25, 0.3) is 27.2 Å². The number of nitrogens with zero attached hydrogens (tertiary/aromatic N) is 4. The van der Waals surface area contributed by atoms with Gasteiger partial charge >= 0.3 is 5.97 Å². The van der Waals surface area contributed by atoms with Gasteiger partial charge < -0.3 is 9.47 Å². The van der Waals surface area contributed by atoms with Gasteiger partial charge in [0.05, 0.1) is 24.6 Å². The van der Waals surface area contributed by atoms with Gasteiger partial charge in [-0.15, -0.1) is 16.4 Å². The fourth-order valence-corrected chi connectivity index (χ4v) is 3.79. The van der Waals surface area contributed by atoms with Crippen LogP contribution in [-0.4, -0.2) is 39.7 Å². The topological polar surface area (TPSA) is 79.1 Å². The zero-order valence-corrected chi connectivity index (χ0v) is 15.6. The van der Waals surface area contributed by atoms with Crippen LogP contribution in [0.5, 0.6) is 5.75 Å². The van der Waals surface area contributed by atoms with Crippen molar-refractivity contribution in [3.05, 3.63) is 53.7 Å². The summed E-state index contributed by atoms with van der Waals surface area (Å²) in [5.41, 5.74) is 2.80. The molecule has 136 valence electrons. The lowest BCUT2D eigenvalue weighted by Gasteiger charge is -2.03. The van der Waals surface area contributed by atoms with Gasteiger partial charge in [-0.2, -0.15) is 0 Å². The molecule has 4 aromatic rings. The Kier molecular flexibility index (Phi) is 4.55. The maximum atomic E-state index is 12.5. The van der Waals surface area contributed by atoms with Gasteiger partial charge in [0.1, 0.15) is 27.5 Å². The van der Waals surface area contributed by atoms with Crippen molar-refractivity contribution in [2.75, 3.05) is 13.7 Å². The van der Waals surface area contributed by atoms with Gasteiger partial charge in [-0.05, 0) is 31.2 Å². The number of methoxy groups -OCH3 is 1. The summed E-state index contributed by atoms with van der Waals surface area (Å²) in [6.07, 6.45) is 3.46. The number of benzene rings is 1. The first-order chi connectivity index (χ1) is 13.2. The quantitative estimate of drug-likeness (QED) is 0.491. The summed E-state index contributed by atoms with van der Waals surface area (Å²) in [5.74, 6) is 0.339. The number of pyridine rings is 1. The minimum Gasteiger partial charge on any atom is -0.497 e. The first-order valence-corrected chi connectivity index (χ1v) is 9.14. The van der Waals surface area contributed by atoms with Crippen LogP contribution in [0.1, 0.15) is 16.6 Å². The summed E-state index contributed by atoms with van der Waals surface area (Å²) in [4.78, 5) is 17.3. The third-order valence-corrected chi connectivity index (χ3v) is 5.08. The number of ether oxygens (including phenoxy) is 2. The Balaban J connectivity index is 1.84. The molecule has 4 rings (SSSR count). The molecule has 1 aromatic carbocycles. The number of carbonyl (C=O) groups excluding carboxylic acids is 1. The molecule has 0 aliphatic carbocycles. The highest BCUT2D eigenvalue weighted by Gasteiger charge is 2.23. The molecule has 8 heteroatoms. The lowest BCUT2D eigenvalue weighted by molar-refractivity contribution is 0.0532. The second kappa shape index (κ2) is 7.16. The van der Waals surface area contributed by atoms with Crippen molar-refractivity contribution in [2.24, 2.45) is 0 Å². The maximum Gasteiger partial charge on any atom is 0.350 e. The van der Waals surface area contributed by atoms with Crippen molar-refractivity contribution in [1.29, 1.82) is 0 Å². The predicted molar refractivity (Wildman–Crippen MR) is 102 cm³/mol. The molecule has 27 heavy (non-hydrogen) atoms. The average molecular weight is 380 g/mol. The Hall–Kier alpha value is -3.26. The number of hydrogen-bond acceptors (Lipinski definition) is 7. The SMILES string of the molecule is CCOC(=O)c1sc2cccnc2c1-n1cc(-c2cccc(OC)c2)nn1. The molecule has 0 aliphatic rings. The molecule has 0 atom stereocenters. The number of rotatable bonds is 5. The first kappa shape index (κ1) is 17.2. The van der Waals surface area contributed by atoms with E-state index >= 15 is 0 Å². The molecule has 3 heterocycles. The van der Waals surface area contributed by atoms with Crippen molar-refractivity contribution in [3.8, 4) is 22.7 Å². The molecule has 0 N–H and O–H groups in total. The smallest absolute Gasteiger partial charge is 0.350 e. The van der Waals surface area contributed by atoms with E-state index in [1.165, 1.54) is 11.3 Å². The van der Waals surface area contributed by atoms with Crippen molar-refractivity contribution in [2.45, 2.75) is 6.92 Å². The van der Waals surface area contributed by atoms with Crippen LogP contribution in [0.15, 0.2) is 48.8 Å². The summed E-state index contributed by atoms with van der Waals surface area (Å²) >= 11 is 1.33. The van der Waals surface area contributed by atoms with E-state index in [9.17, 15) is 4.79 Å². The minimum absolute atomic E-state index is 0.298. The number of fused-ring (bicyclic) bond motifs is 1. The summed E-state index contributed by atoms with van der Waals surface area (Å²) in [7, 11) is 1.62. The Bertz CT molecular complexity index is 1120. The highest BCUT2D eigenvalue weighted by molar-refractivity contribution is 7.21. The third kappa shape index (κ3) is 3.15. The molecule has 0 unspecified atom stereocenters. The van der Waals surface area contributed by atoms with Gasteiger partial charge in [-0.3, -0.25) is 4.98 Å². The van der Waals surface area contributed by atoms with E-state index < -0.39 is 5.97 Å². The van der Waals surface area contributed by atoms with Crippen molar-refractivity contribution >= 4 is 27.5 Å². The molecule has 0 aliphatic heterocycles. The van der Waals surface area contributed by atoms with E-state index in [4.69, 9.17) is 9.47 Å². The maximum absolute atomic E-state index is 12.5. The molecule has 3 aromatic heterocycles. The number of hydrogen-bond donors (Lipinski definition) is 0. The highest BCUT2D eigenvalue weighted by atomic mass is 32.1. The Morgan fingerprint density at radius 3 is 2.96 bits per heavy atom. The Morgan fingerprint density at radius 2 is 2.15 bits per heavy atom. The molecule has 0 spiro atoms. The number of thiophene rings is 1. The summed E-state index contributed by atoms with van der Waals surface area (Å²) in [6, 6.07) is 11.3. The van der Waals surface area contributed by atoms with Crippen molar-refractivity contribution in [3.63, 3.8) is 0 Å². The van der Waals surface area contributed by atoms with Crippen LogP contribution >= 0.6 is 11.3 Å². The lowest BCUT2D eigenvalue weighted by atomic mass is 10.1. The molecule has 0 saturated heterocycles. The largest absolute Gasteiger partial charge is 0.497 e. The molecular weight excluding hydrogens is 364 g/mol. The van der Waals surface area contributed by atoms with E-state index in [1.807, 2.05) is 36.4 Å². The van der Waals surface area contributed by atoms with Crippen LogP contribution in [0, 0.1) is 0 Å². The Morgan fingerprint density at radius 1 is 1.26 bits per heavy atom. The molecule has 7 nitrogen and oxygen atoms in total. The van der Waals surface area contributed by atoms with Gasteiger partial charge in [-0.25, -0.2) is 9.48 Å². The molecule has 0 amide bonds. The minimum atomic E-state index is -0.395. The molecule has 0 radical (unpaired) electrons. The lowest BCUT2D eigenvalue weighted by Crippen LogP contribution is -2.07. The predicted octanol–water partition coefficient (Wildman–Crippen LogP) is 3.73. The zero-order valence-electron chi connectivity index (χ0n) is 14.7. The average Bonchev–Trinajstić information content (AvgIpc) is 3.32. The van der Waals surface area contributed by atoms with Crippen LogP contribution in [0.2, 0.25) is 0 Å². The van der Waals surface area contributed by atoms with Gasteiger partial charge in [-0.1, -0.05) is 17.3 Å².